The first-order chi connectivity index (χ1) is 6.15. The SMILES string of the molecule is [O-]c1ccc(CCO)cc1N(O)O. The van der Waals surface area contributed by atoms with Gasteiger partial charge in [-0.15, -0.1) is 5.23 Å². The molecule has 5 heteroatoms. The highest BCUT2D eigenvalue weighted by atomic mass is 16.8. The lowest BCUT2D eigenvalue weighted by atomic mass is 10.1. The van der Waals surface area contributed by atoms with E-state index < -0.39 is 5.75 Å². The fourth-order valence-corrected chi connectivity index (χ4v) is 1.00. The first-order valence-corrected chi connectivity index (χ1v) is 3.74. The van der Waals surface area contributed by atoms with Crippen LogP contribution in [0.5, 0.6) is 5.75 Å². The second-order valence-electron chi connectivity index (χ2n) is 2.57. The van der Waals surface area contributed by atoms with Gasteiger partial charge in [0.05, 0.1) is 5.69 Å². The highest BCUT2D eigenvalue weighted by Gasteiger charge is 2.01. The number of rotatable bonds is 3. The van der Waals surface area contributed by atoms with Crippen molar-refractivity contribution in [2.75, 3.05) is 11.8 Å². The molecule has 0 amide bonds. The molecule has 0 fully saturated rings. The summed E-state index contributed by atoms with van der Waals surface area (Å²) in [6, 6.07) is 4.07. The van der Waals surface area contributed by atoms with E-state index in [0.717, 1.165) is 0 Å². The first kappa shape index (κ1) is 9.79. The second kappa shape index (κ2) is 4.08. The third-order valence-electron chi connectivity index (χ3n) is 1.64. The summed E-state index contributed by atoms with van der Waals surface area (Å²) in [4.78, 5) is 0. The predicted molar refractivity (Wildman–Crippen MR) is 42.7 cm³/mol. The van der Waals surface area contributed by atoms with Gasteiger partial charge >= 0.3 is 0 Å². The Balaban J connectivity index is 2.97. The second-order valence-corrected chi connectivity index (χ2v) is 2.57. The van der Waals surface area contributed by atoms with Gasteiger partial charge in [-0.25, -0.2) is 0 Å². The zero-order valence-corrected chi connectivity index (χ0v) is 6.84. The average Bonchev–Trinajstić information content (AvgIpc) is 2.08. The van der Waals surface area contributed by atoms with E-state index in [4.69, 9.17) is 15.5 Å². The van der Waals surface area contributed by atoms with Crippen LogP contribution >= 0.6 is 0 Å². The minimum atomic E-state index is -0.480. The molecular formula is C8H10NO4-. The molecular weight excluding hydrogens is 174 g/mol. The van der Waals surface area contributed by atoms with Crippen LogP contribution in [-0.2, 0) is 6.42 Å². The van der Waals surface area contributed by atoms with Gasteiger partial charge in [-0.05, 0) is 18.1 Å². The van der Waals surface area contributed by atoms with Crippen molar-refractivity contribution in [1.82, 2.24) is 0 Å². The Morgan fingerprint density at radius 2 is 2.00 bits per heavy atom. The molecule has 72 valence electrons. The van der Waals surface area contributed by atoms with Gasteiger partial charge in [-0.1, -0.05) is 17.9 Å². The summed E-state index contributed by atoms with van der Waals surface area (Å²) in [6.45, 7) is -0.0471. The molecule has 13 heavy (non-hydrogen) atoms. The van der Waals surface area contributed by atoms with Crippen LogP contribution in [0.25, 0.3) is 0 Å². The first-order valence-electron chi connectivity index (χ1n) is 3.74. The fourth-order valence-electron chi connectivity index (χ4n) is 1.00. The maximum absolute atomic E-state index is 11.0. The van der Waals surface area contributed by atoms with Gasteiger partial charge in [0.1, 0.15) is 0 Å². The summed E-state index contributed by atoms with van der Waals surface area (Å²) in [5, 5.41) is 36.6. The molecule has 0 heterocycles. The van der Waals surface area contributed by atoms with Gasteiger partial charge in [0.15, 0.2) is 0 Å². The average molecular weight is 184 g/mol. The molecule has 1 aromatic carbocycles. The molecule has 0 aromatic heterocycles. The van der Waals surface area contributed by atoms with Gasteiger partial charge in [-0.2, -0.15) is 0 Å². The van der Waals surface area contributed by atoms with Gasteiger partial charge < -0.3 is 10.2 Å². The smallest absolute Gasteiger partial charge is 0.0867 e. The highest BCUT2D eigenvalue weighted by Crippen LogP contribution is 2.23. The molecule has 0 atom stereocenters. The number of benzene rings is 1. The zero-order chi connectivity index (χ0) is 9.84. The normalized spacial score (nSPS) is 10.1. The van der Waals surface area contributed by atoms with Crippen LogP contribution in [-0.4, -0.2) is 22.1 Å². The Morgan fingerprint density at radius 1 is 1.31 bits per heavy atom. The minimum absolute atomic E-state index is 0.0471. The van der Waals surface area contributed by atoms with E-state index in [1.807, 2.05) is 0 Å². The van der Waals surface area contributed by atoms with E-state index in [9.17, 15) is 5.11 Å². The quantitative estimate of drug-likeness (QED) is 0.570. The van der Waals surface area contributed by atoms with Crippen molar-refractivity contribution >= 4 is 5.69 Å². The molecule has 0 radical (unpaired) electrons. The van der Waals surface area contributed by atoms with Gasteiger partial charge in [0.25, 0.3) is 0 Å². The van der Waals surface area contributed by atoms with Crippen LogP contribution in [0.3, 0.4) is 0 Å². The van der Waals surface area contributed by atoms with Crippen molar-refractivity contribution < 1.29 is 20.6 Å². The molecule has 0 aliphatic heterocycles. The molecule has 0 saturated heterocycles. The van der Waals surface area contributed by atoms with Crippen LogP contribution in [0.15, 0.2) is 18.2 Å². The van der Waals surface area contributed by atoms with Crippen molar-refractivity contribution in [3.8, 4) is 5.75 Å². The highest BCUT2D eigenvalue weighted by molar-refractivity contribution is 5.55. The summed E-state index contributed by atoms with van der Waals surface area (Å²) in [7, 11) is 0. The topological polar surface area (TPSA) is 87.0 Å². The largest absolute Gasteiger partial charge is 0.871 e. The Kier molecular flexibility index (Phi) is 3.07. The lowest BCUT2D eigenvalue weighted by Gasteiger charge is -2.17. The molecule has 0 saturated carbocycles. The van der Waals surface area contributed by atoms with Crippen LogP contribution in [0.1, 0.15) is 5.56 Å². The van der Waals surface area contributed by atoms with E-state index in [2.05, 4.69) is 0 Å². The molecule has 1 rings (SSSR count). The monoisotopic (exact) mass is 184 g/mol. The lowest BCUT2D eigenvalue weighted by molar-refractivity contribution is -0.268. The van der Waals surface area contributed by atoms with Crippen molar-refractivity contribution in [2.24, 2.45) is 0 Å². The Hall–Kier alpha value is -1.30. The number of anilines is 1. The summed E-state index contributed by atoms with van der Waals surface area (Å²) >= 11 is 0. The fraction of sp³-hybridized carbons (Fsp3) is 0.250. The summed E-state index contributed by atoms with van der Waals surface area (Å²) in [6.07, 6.45) is 0.376. The maximum atomic E-state index is 11.0. The number of aliphatic hydroxyl groups excluding tert-OH is 1. The van der Waals surface area contributed by atoms with Crippen LogP contribution in [0, 0.1) is 0 Å². The summed E-state index contributed by atoms with van der Waals surface area (Å²) in [5.74, 6) is -0.480. The number of aliphatic hydroxyl groups is 1. The van der Waals surface area contributed by atoms with E-state index in [1.54, 1.807) is 0 Å². The number of nitrogens with zero attached hydrogens (tertiary/aromatic N) is 1. The molecule has 0 aliphatic carbocycles. The Labute approximate surface area is 75.0 Å². The zero-order valence-electron chi connectivity index (χ0n) is 6.84. The van der Waals surface area contributed by atoms with Crippen molar-refractivity contribution in [2.45, 2.75) is 6.42 Å². The van der Waals surface area contributed by atoms with E-state index >= 15 is 0 Å². The molecule has 5 nitrogen and oxygen atoms in total. The molecule has 0 bridgehead atoms. The van der Waals surface area contributed by atoms with Crippen molar-refractivity contribution in [1.29, 1.82) is 0 Å². The van der Waals surface area contributed by atoms with Gasteiger partial charge in [0.2, 0.25) is 0 Å². The minimum Gasteiger partial charge on any atom is -0.871 e. The van der Waals surface area contributed by atoms with Crippen molar-refractivity contribution in [3.05, 3.63) is 23.8 Å². The lowest BCUT2D eigenvalue weighted by Crippen LogP contribution is -2.14. The molecule has 0 unspecified atom stereocenters. The summed E-state index contributed by atoms with van der Waals surface area (Å²) < 4.78 is 0. The standard InChI is InChI=1S/C8H11NO4/c10-4-3-6-1-2-8(11)7(5-6)9(12)13/h1-2,5,10-13H,3-4H2/p-1. The third kappa shape index (κ3) is 2.32. The Morgan fingerprint density at radius 3 is 2.54 bits per heavy atom. The van der Waals surface area contributed by atoms with E-state index in [1.165, 1.54) is 18.2 Å². The number of hydrogen-bond donors (Lipinski definition) is 3. The van der Waals surface area contributed by atoms with E-state index in [0.29, 0.717) is 12.0 Å². The van der Waals surface area contributed by atoms with Crippen molar-refractivity contribution in [3.63, 3.8) is 0 Å². The van der Waals surface area contributed by atoms with Crippen LogP contribution in [0.4, 0.5) is 5.69 Å². The molecule has 3 N–H and O–H groups in total. The predicted octanol–water partition coefficient (Wildman–Crippen LogP) is -0.120. The van der Waals surface area contributed by atoms with Gasteiger partial charge in [-0.3, -0.25) is 10.4 Å². The number of hydrogen-bond acceptors (Lipinski definition) is 5. The van der Waals surface area contributed by atoms with Gasteiger partial charge in [0, 0.05) is 6.61 Å². The van der Waals surface area contributed by atoms with E-state index in [-0.39, 0.29) is 17.5 Å². The third-order valence-corrected chi connectivity index (χ3v) is 1.64. The molecule has 0 spiro atoms. The Bertz CT molecular complexity index is 287. The molecule has 1 aromatic rings. The molecule has 0 aliphatic rings. The maximum Gasteiger partial charge on any atom is 0.0867 e. The van der Waals surface area contributed by atoms with Crippen LogP contribution < -0.4 is 10.3 Å². The summed E-state index contributed by atoms with van der Waals surface area (Å²) in [5.41, 5.74) is 0.455. The van der Waals surface area contributed by atoms with Crippen LogP contribution in [0.2, 0.25) is 0 Å².